The molecule has 0 atom stereocenters. The van der Waals surface area contributed by atoms with Gasteiger partial charge in [-0.25, -0.2) is 13.4 Å². The Labute approximate surface area is 174 Å². The minimum Gasteiger partial charge on any atom is -0.379 e. The molecule has 0 N–H and O–H groups in total. The number of hydrogen-bond acceptors (Lipinski definition) is 7. The zero-order chi connectivity index (χ0) is 19.6. The van der Waals surface area contributed by atoms with Crippen LogP contribution in [0.4, 0.5) is 5.82 Å². The molecule has 2 aliphatic heterocycles. The number of sulfonamides is 1. The average molecular weight is 443 g/mol. The van der Waals surface area contributed by atoms with Crippen molar-refractivity contribution in [3.8, 4) is 0 Å². The van der Waals surface area contributed by atoms with Crippen molar-refractivity contribution in [2.75, 3.05) is 57.4 Å². The Bertz CT molecular complexity index is 890. The number of hydrogen-bond donors (Lipinski definition) is 0. The molecular formula is C18H23ClN4O3S2. The molecule has 4 rings (SSSR count). The number of aromatic nitrogens is 1. The van der Waals surface area contributed by atoms with E-state index in [1.54, 1.807) is 17.4 Å². The number of halogens is 1. The molecule has 0 bridgehead atoms. The SMILES string of the molecule is O=S(=O)(c1ccc(N2CCN(Cc3ccc(Cl)s3)CC2)nc1)N1CCOCC1. The van der Waals surface area contributed by atoms with Crippen LogP contribution in [-0.2, 0) is 21.3 Å². The van der Waals surface area contributed by atoms with Gasteiger partial charge in [0.05, 0.1) is 17.6 Å². The predicted octanol–water partition coefficient (Wildman–Crippen LogP) is 2.14. The largest absolute Gasteiger partial charge is 0.379 e. The van der Waals surface area contributed by atoms with E-state index < -0.39 is 10.0 Å². The minimum absolute atomic E-state index is 0.242. The number of anilines is 1. The first-order chi connectivity index (χ1) is 13.5. The lowest BCUT2D eigenvalue weighted by Crippen LogP contribution is -2.46. The van der Waals surface area contributed by atoms with Gasteiger partial charge in [0.25, 0.3) is 0 Å². The summed E-state index contributed by atoms with van der Waals surface area (Å²) < 4.78 is 32.9. The summed E-state index contributed by atoms with van der Waals surface area (Å²) in [6.45, 7) is 6.16. The van der Waals surface area contributed by atoms with Crippen molar-refractivity contribution in [2.45, 2.75) is 11.4 Å². The number of thiophene rings is 1. The normalized spacial score (nSPS) is 19.8. The monoisotopic (exact) mass is 442 g/mol. The van der Waals surface area contributed by atoms with Crippen molar-refractivity contribution in [1.82, 2.24) is 14.2 Å². The van der Waals surface area contributed by atoms with Gasteiger partial charge in [-0.15, -0.1) is 11.3 Å². The summed E-state index contributed by atoms with van der Waals surface area (Å²) >= 11 is 7.63. The second-order valence-electron chi connectivity index (χ2n) is 6.84. The second kappa shape index (κ2) is 8.64. The quantitative estimate of drug-likeness (QED) is 0.706. The molecular weight excluding hydrogens is 420 g/mol. The van der Waals surface area contributed by atoms with Crippen LogP contribution in [0.1, 0.15) is 4.88 Å². The van der Waals surface area contributed by atoms with E-state index in [-0.39, 0.29) is 4.90 Å². The van der Waals surface area contributed by atoms with Crippen molar-refractivity contribution in [3.63, 3.8) is 0 Å². The van der Waals surface area contributed by atoms with Gasteiger partial charge in [-0.1, -0.05) is 11.6 Å². The molecule has 0 amide bonds. The van der Waals surface area contributed by atoms with Crippen LogP contribution in [0.15, 0.2) is 35.4 Å². The summed E-state index contributed by atoms with van der Waals surface area (Å²) in [7, 11) is -3.50. The summed E-state index contributed by atoms with van der Waals surface area (Å²) in [4.78, 5) is 10.5. The van der Waals surface area contributed by atoms with E-state index in [2.05, 4.69) is 20.9 Å². The molecule has 4 heterocycles. The molecule has 2 fully saturated rings. The molecule has 0 aliphatic carbocycles. The van der Waals surface area contributed by atoms with Gasteiger partial charge in [0.2, 0.25) is 10.0 Å². The molecule has 2 aromatic heterocycles. The highest BCUT2D eigenvalue weighted by molar-refractivity contribution is 7.89. The topological polar surface area (TPSA) is 66.0 Å². The van der Waals surface area contributed by atoms with Gasteiger partial charge >= 0.3 is 0 Å². The maximum Gasteiger partial charge on any atom is 0.244 e. The van der Waals surface area contributed by atoms with Gasteiger partial charge in [0.1, 0.15) is 10.7 Å². The van der Waals surface area contributed by atoms with Crippen molar-refractivity contribution in [1.29, 1.82) is 0 Å². The van der Waals surface area contributed by atoms with Crippen molar-refractivity contribution in [3.05, 3.63) is 39.7 Å². The second-order valence-corrected chi connectivity index (χ2v) is 10.6. The highest BCUT2D eigenvalue weighted by Gasteiger charge is 2.27. The van der Waals surface area contributed by atoms with Crippen LogP contribution >= 0.6 is 22.9 Å². The Morgan fingerprint density at radius 2 is 1.79 bits per heavy atom. The number of pyridine rings is 1. The molecule has 28 heavy (non-hydrogen) atoms. The van der Waals surface area contributed by atoms with Crippen LogP contribution in [0, 0.1) is 0 Å². The maximum absolute atomic E-state index is 12.7. The highest BCUT2D eigenvalue weighted by atomic mass is 35.5. The number of morpholine rings is 1. The molecule has 152 valence electrons. The average Bonchev–Trinajstić information content (AvgIpc) is 3.14. The van der Waals surface area contributed by atoms with Gasteiger partial charge in [-0.05, 0) is 24.3 Å². The Morgan fingerprint density at radius 1 is 1.04 bits per heavy atom. The molecule has 7 nitrogen and oxygen atoms in total. The molecule has 0 spiro atoms. The maximum atomic E-state index is 12.7. The number of rotatable bonds is 5. The first-order valence-corrected chi connectivity index (χ1v) is 11.9. The number of piperazine rings is 1. The van der Waals surface area contributed by atoms with Crippen molar-refractivity contribution in [2.24, 2.45) is 0 Å². The molecule has 2 aromatic rings. The lowest BCUT2D eigenvalue weighted by Gasteiger charge is -2.35. The molecule has 0 radical (unpaired) electrons. The van der Waals surface area contributed by atoms with Crippen LogP contribution in [0.2, 0.25) is 4.34 Å². The summed E-state index contributed by atoms with van der Waals surface area (Å²) in [5, 5.41) is 0. The summed E-state index contributed by atoms with van der Waals surface area (Å²) in [6.07, 6.45) is 1.47. The Balaban J connectivity index is 1.35. The fraction of sp³-hybridized carbons (Fsp3) is 0.500. The van der Waals surface area contributed by atoms with Crippen molar-refractivity contribution >= 4 is 38.8 Å². The van der Waals surface area contributed by atoms with E-state index in [4.69, 9.17) is 16.3 Å². The van der Waals surface area contributed by atoms with E-state index >= 15 is 0 Å². The van der Waals surface area contributed by atoms with Gasteiger partial charge in [0, 0.05) is 56.9 Å². The fourth-order valence-electron chi connectivity index (χ4n) is 3.44. The van der Waals surface area contributed by atoms with Crippen LogP contribution in [0.5, 0.6) is 0 Å². The van der Waals surface area contributed by atoms with E-state index in [9.17, 15) is 8.42 Å². The smallest absolute Gasteiger partial charge is 0.244 e. The first kappa shape index (κ1) is 20.1. The van der Waals surface area contributed by atoms with Gasteiger partial charge < -0.3 is 9.64 Å². The zero-order valence-corrected chi connectivity index (χ0v) is 17.8. The minimum atomic E-state index is -3.50. The predicted molar refractivity (Wildman–Crippen MR) is 111 cm³/mol. The third kappa shape index (κ3) is 4.50. The first-order valence-electron chi connectivity index (χ1n) is 9.28. The van der Waals surface area contributed by atoms with E-state index in [0.29, 0.717) is 26.3 Å². The molecule has 0 saturated carbocycles. The number of nitrogens with zero attached hydrogens (tertiary/aromatic N) is 4. The third-order valence-electron chi connectivity index (χ3n) is 5.03. The lowest BCUT2D eigenvalue weighted by atomic mass is 10.3. The van der Waals surface area contributed by atoms with Gasteiger partial charge in [-0.2, -0.15) is 4.31 Å². The molecule has 0 unspecified atom stereocenters. The van der Waals surface area contributed by atoms with Crippen LogP contribution in [0.25, 0.3) is 0 Å². The van der Waals surface area contributed by atoms with Gasteiger partial charge in [0.15, 0.2) is 0 Å². The standard InChI is InChI=1S/C18H23ClN4O3S2/c19-17-3-1-15(27-17)14-21-5-7-22(8-6-21)18-4-2-16(13-20-18)28(24,25)23-9-11-26-12-10-23/h1-4,13H,5-12,14H2. The van der Waals surface area contributed by atoms with Crippen molar-refractivity contribution < 1.29 is 13.2 Å². The Kier molecular flexibility index (Phi) is 6.19. The lowest BCUT2D eigenvalue weighted by molar-refractivity contribution is 0.0730. The number of ether oxygens (including phenoxy) is 1. The third-order valence-corrected chi connectivity index (χ3v) is 8.13. The Morgan fingerprint density at radius 3 is 2.39 bits per heavy atom. The fourth-order valence-corrected chi connectivity index (χ4v) is 5.92. The Hall–Kier alpha value is -1.23. The molecule has 2 aliphatic rings. The van der Waals surface area contributed by atoms with Crippen LogP contribution in [0.3, 0.4) is 0 Å². The van der Waals surface area contributed by atoms with Crippen LogP contribution < -0.4 is 4.90 Å². The molecule has 10 heteroatoms. The summed E-state index contributed by atoms with van der Waals surface area (Å²) in [5.74, 6) is 0.819. The van der Waals surface area contributed by atoms with Gasteiger partial charge in [-0.3, -0.25) is 4.90 Å². The van der Waals surface area contributed by atoms with Crippen LogP contribution in [-0.4, -0.2) is 75.1 Å². The molecule has 0 aromatic carbocycles. The summed E-state index contributed by atoms with van der Waals surface area (Å²) in [5.41, 5.74) is 0. The highest BCUT2D eigenvalue weighted by Crippen LogP contribution is 2.24. The zero-order valence-electron chi connectivity index (χ0n) is 15.5. The van der Waals surface area contributed by atoms with E-state index in [0.717, 1.165) is 42.9 Å². The molecule has 2 saturated heterocycles. The van der Waals surface area contributed by atoms with E-state index in [1.807, 2.05) is 12.1 Å². The van der Waals surface area contributed by atoms with E-state index in [1.165, 1.54) is 15.4 Å². The summed E-state index contributed by atoms with van der Waals surface area (Å²) in [6, 6.07) is 7.48.